The summed E-state index contributed by atoms with van der Waals surface area (Å²) in [5.41, 5.74) is 1.80. The van der Waals surface area contributed by atoms with Crippen LogP contribution in [-0.2, 0) is 26.4 Å². The number of hydrogen-bond acceptors (Lipinski definition) is 4. The molecular formula is C25H19ClN2O3. The van der Waals surface area contributed by atoms with E-state index >= 15 is 0 Å². The lowest BCUT2D eigenvalue weighted by molar-refractivity contribution is -0.143. The van der Waals surface area contributed by atoms with Crippen molar-refractivity contribution >= 4 is 34.9 Å². The molecule has 0 bridgehead atoms. The lowest BCUT2D eigenvalue weighted by Crippen LogP contribution is -2.53. The summed E-state index contributed by atoms with van der Waals surface area (Å²) in [4.78, 5) is 27.8. The van der Waals surface area contributed by atoms with Gasteiger partial charge in [0.2, 0.25) is 0 Å². The first kappa shape index (κ1) is 19.4. The number of cyclic esters (lactones) is 1. The Labute approximate surface area is 184 Å². The topological polar surface area (TPSA) is 58.6 Å². The van der Waals surface area contributed by atoms with E-state index in [1.54, 1.807) is 23.1 Å². The maximum Gasteiger partial charge on any atom is 0.331 e. The van der Waals surface area contributed by atoms with Gasteiger partial charge in [-0.25, -0.2) is 4.79 Å². The quantitative estimate of drug-likeness (QED) is 0.597. The van der Waals surface area contributed by atoms with Crippen LogP contribution in [0.5, 0.6) is 0 Å². The number of anilines is 2. The second-order valence-corrected chi connectivity index (χ2v) is 7.99. The highest BCUT2D eigenvalue weighted by atomic mass is 35.5. The van der Waals surface area contributed by atoms with E-state index in [0.717, 1.165) is 16.9 Å². The molecule has 3 aromatic rings. The van der Waals surface area contributed by atoms with Gasteiger partial charge in [-0.15, -0.1) is 0 Å². The van der Waals surface area contributed by atoms with Gasteiger partial charge in [0.1, 0.15) is 0 Å². The Morgan fingerprint density at radius 2 is 1.68 bits per heavy atom. The summed E-state index contributed by atoms with van der Waals surface area (Å²) >= 11 is 6.36. The fourth-order valence-corrected chi connectivity index (χ4v) is 4.41. The Bertz CT molecular complexity index is 1180. The number of hydrogen-bond donors (Lipinski definition) is 1. The zero-order chi connectivity index (χ0) is 21.4. The zero-order valence-corrected chi connectivity index (χ0v) is 17.3. The molecule has 5 rings (SSSR count). The monoisotopic (exact) mass is 430 g/mol. The summed E-state index contributed by atoms with van der Waals surface area (Å²) in [6.07, 6.45) is 2.18. The highest BCUT2D eigenvalue weighted by molar-refractivity contribution is 6.31. The number of esters is 1. The fraction of sp³-hybridized carbons (Fsp3) is 0.120. The van der Waals surface area contributed by atoms with E-state index < -0.39 is 17.6 Å². The summed E-state index contributed by atoms with van der Waals surface area (Å²) in [6.45, 7) is 0.386. The number of para-hydroxylation sites is 1. The van der Waals surface area contributed by atoms with Gasteiger partial charge in [0.15, 0.2) is 11.6 Å². The molecule has 3 aromatic carbocycles. The van der Waals surface area contributed by atoms with Gasteiger partial charge in [-0.2, -0.15) is 0 Å². The Morgan fingerprint density at radius 1 is 0.968 bits per heavy atom. The van der Waals surface area contributed by atoms with Gasteiger partial charge < -0.3 is 15.0 Å². The fourth-order valence-electron chi connectivity index (χ4n) is 4.24. The minimum absolute atomic E-state index is 0.207. The standard InChI is InChI=1S/C25H19ClN2O3/c26-18-11-12-21-20(15-18)25(22-13-14-23(29)31-22,27-19-9-5-2-6-10-19)24(30)28(21)16-17-7-3-1-4-8-17/h1-15,22,27H,16H2/t22-,25-/m0/s1. The minimum atomic E-state index is -1.33. The number of rotatable bonds is 5. The first-order valence-electron chi connectivity index (χ1n) is 9.96. The molecule has 0 unspecified atom stereocenters. The molecule has 0 aromatic heterocycles. The summed E-state index contributed by atoms with van der Waals surface area (Å²) < 4.78 is 5.58. The molecule has 6 heteroatoms. The minimum Gasteiger partial charge on any atom is -0.451 e. The van der Waals surface area contributed by atoms with Gasteiger partial charge in [0.25, 0.3) is 5.91 Å². The third-order valence-electron chi connectivity index (χ3n) is 5.63. The van der Waals surface area contributed by atoms with Crippen LogP contribution in [0.25, 0.3) is 0 Å². The van der Waals surface area contributed by atoms with Crippen LogP contribution in [0.15, 0.2) is 91.0 Å². The molecule has 0 aliphatic carbocycles. The maximum absolute atomic E-state index is 14.1. The number of nitrogens with one attached hydrogen (secondary N) is 1. The van der Waals surface area contributed by atoms with Crippen molar-refractivity contribution in [1.82, 2.24) is 0 Å². The van der Waals surface area contributed by atoms with Gasteiger partial charge in [0.05, 0.1) is 12.2 Å². The van der Waals surface area contributed by atoms with Crippen molar-refractivity contribution in [3.8, 4) is 0 Å². The Hall–Kier alpha value is -3.57. The first-order chi connectivity index (χ1) is 15.1. The first-order valence-corrected chi connectivity index (χ1v) is 10.3. The summed E-state index contributed by atoms with van der Waals surface area (Å²) in [5, 5.41) is 3.89. The number of carbonyl (C=O) groups excluding carboxylic acids is 2. The van der Waals surface area contributed by atoms with Crippen LogP contribution >= 0.6 is 11.6 Å². The molecule has 0 radical (unpaired) electrons. The number of ether oxygens (including phenoxy) is 1. The molecule has 0 saturated carbocycles. The van der Waals surface area contributed by atoms with Crippen LogP contribution in [0.1, 0.15) is 11.1 Å². The van der Waals surface area contributed by atoms with Gasteiger partial charge >= 0.3 is 5.97 Å². The molecule has 31 heavy (non-hydrogen) atoms. The molecule has 2 heterocycles. The number of amides is 1. The van der Waals surface area contributed by atoms with E-state index in [-0.39, 0.29) is 5.91 Å². The van der Waals surface area contributed by atoms with Gasteiger partial charge in [-0.1, -0.05) is 60.1 Å². The van der Waals surface area contributed by atoms with Crippen LogP contribution in [0.4, 0.5) is 11.4 Å². The van der Waals surface area contributed by atoms with Crippen molar-refractivity contribution in [3.63, 3.8) is 0 Å². The van der Waals surface area contributed by atoms with Gasteiger partial charge in [-0.05, 0) is 42.0 Å². The number of nitrogens with zero attached hydrogens (tertiary/aromatic N) is 1. The number of carbonyl (C=O) groups is 2. The van der Waals surface area contributed by atoms with Crippen LogP contribution < -0.4 is 10.2 Å². The Morgan fingerprint density at radius 3 is 2.35 bits per heavy atom. The zero-order valence-electron chi connectivity index (χ0n) is 16.5. The van der Waals surface area contributed by atoms with E-state index in [2.05, 4.69) is 5.32 Å². The van der Waals surface area contributed by atoms with E-state index in [0.29, 0.717) is 17.1 Å². The van der Waals surface area contributed by atoms with Crippen molar-refractivity contribution in [1.29, 1.82) is 0 Å². The highest BCUT2D eigenvalue weighted by Crippen LogP contribution is 2.48. The molecule has 154 valence electrons. The summed E-state index contributed by atoms with van der Waals surface area (Å²) in [5.74, 6) is -0.682. The Balaban J connectivity index is 1.67. The predicted octanol–water partition coefficient (Wildman–Crippen LogP) is 4.68. The molecular weight excluding hydrogens is 412 g/mol. The number of halogens is 1. The highest BCUT2D eigenvalue weighted by Gasteiger charge is 2.58. The molecule has 2 aliphatic heterocycles. The molecule has 5 nitrogen and oxygen atoms in total. The van der Waals surface area contributed by atoms with Crippen LogP contribution in [0.3, 0.4) is 0 Å². The van der Waals surface area contributed by atoms with E-state index in [9.17, 15) is 9.59 Å². The van der Waals surface area contributed by atoms with Gasteiger partial charge in [0, 0.05) is 22.3 Å². The summed E-state index contributed by atoms with van der Waals surface area (Å²) in [6, 6.07) is 24.6. The predicted molar refractivity (Wildman–Crippen MR) is 120 cm³/mol. The molecule has 1 amide bonds. The lowest BCUT2D eigenvalue weighted by Gasteiger charge is -2.34. The third kappa shape index (κ3) is 3.27. The number of fused-ring (bicyclic) bond motifs is 1. The van der Waals surface area contributed by atoms with E-state index in [1.165, 1.54) is 6.08 Å². The lowest BCUT2D eigenvalue weighted by atomic mass is 9.85. The molecule has 2 atom stereocenters. The normalized spacial score (nSPS) is 21.8. The SMILES string of the molecule is O=C1C=C[C@@H]([C@]2(Nc3ccccc3)C(=O)N(Cc3ccccc3)c3ccc(Cl)cc32)O1. The van der Waals surface area contributed by atoms with Crippen molar-refractivity contribution in [2.45, 2.75) is 18.2 Å². The Kier molecular flexibility index (Phi) is 4.75. The average molecular weight is 431 g/mol. The smallest absolute Gasteiger partial charge is 0.331 e. The van der Waals surface area contributed by atoms with Crippen LogP contribution in [0, 0.1) is 0 Å². The van der Waals surface area contributed by atoms with Crippen LogP contribution in [0.2, 0.25) is 5.02 Å². The van der Waals surface area contributed by atoms with Crippen molar-refractivity contribution in [2.24, 2.45) is 0 Å². The van der Waals surface area contributed by atoms with Gasteiger partial charge in [-0.3, -0.25) is 4.79 Å². The second-order valence-electron chi connectivity index (χ2n) is 7.55. The average Bonchev–Trinajstić information content (AvgIpc) is 3.31. The van der Waals surface area contributed by atoms with Crippen molar-refractivity contribution in [3.05, 3.63) is 107 Å². The van der Waals surface area contributed by atoms with E-state index in [1.807, 2.05) is 66.7 Å². The molecule has 1 N–H and O–H groups in total. The second kappa shape index (κ2) is 7.60. The number of benzene rings is 3. The molecule has 2 aliphatic rings. The largest absolute Gasteiger partial charge is 0.451 e. The maximum atomic E-state index is 14.1. The molecule has 0 spiro atoms. The van der Waals surface area contributed by atoms with Crippen LogP contribution in [-0.4, -0.2) is 18.0 Å². The third-order valence-corrected chi connectivity index (χ3v) is 5.87. The van der Waals surface area contributed by atoms with Crippen molar-refractivity contribution < 1.29 is 14.3 Å². The molecule has 0 fully saturated rings. The summed E-state index contributed by atoms with van der Waals surface area (Å²) in [7, 11) is 0. The van der Waals surface area contributed by atoms with Crippen molar-refractivity contribution in [2.75, 3.05) is 10.2 Å². The molecule has 0 saturated heterocycles. The van der Waals surface area contributed by atoms with E-state index in [4.69, 9.17) is 16.3 Å².